The van der Waals surface area contributed by atoms with Gasteiger partial charge in [-0.3, -0.25) is 0 Å². The van der Waals surface area contributed by atoms with Crippen LogP contribution in [0.3, 0.4) is 0 Å². The quantitative estimate of drug-likeness (QED) is 0.771. The lowest BCUT2D eigenvalue weighted by Crippen LogP contribution is -2.11. The van der Waals surface area contributed by atoms with Crippen LogP contribution >= 0.6 is 0 Å². The Labute approximate surface area is 117 Å². The number of benzene rings is 2. The zero-order valence-electron chi connectivity index (χ0n) is 11.0. The molecule has 3 heteroatoms. The van der Waals surface area contributed by atoms with Crippen LogP contribution in [0, 0.1) is 0 Å². The summed E-state index contributed by atoms with van der Waals surface area (Å²) in [7, 11) is 0. The number of fused-ring (bicyclic) bond motifs is 2. The van der Waals surface area contributed by atoms with E-state index in [2.05, 4.69) is 18.2 Å². The van der Waals surface area contributed by atoms with E-state index in [9.17, 15) is 0 Å². The predicted octanol–water partition coefficient (Wildman–Crippen LogP) is 3.51. The summed E-state index contributed by atoms with van der Waals surface area (Å²) in [6.07, 6.45) is 0. The van der Waals surface area contributed by atoms with Crippen molar-refractivity contribution in [3.8, 4) is 0 Å². The summed E-state index contributed by atoms with van der Waals surface area (Å²) in [5, 5.41) is 1.09. The molecule has 1 unspecified atom stereocenters. The van der Waals surface area contributed by atoms with E-state index in [-0.39, 0.29) is 6.04 Å². The van der Waals surface area contributed by atoms with Crippen molar-refractivity contribution in [3.63, 3.8) is 0 Å². The van der Waals surface area contributed by atoms with Gasteiger partial charge in [-0.25, -0.2) is 0 Å². The summed E-state index contributed by atoms with van der Waals surface area (Å²) in [5.74, 6) is 0.796. The molecule has 0 aliphatic carbocycles. The second-order valence-corrected chi connectivity index (χ2v) is 5.19. The van der Waals surface area contributed by atoms with Gasteiger partial charge in [-0.15, -0.1) is 0 Å². The fourth-order valence-corrected chi connectivity index (χ4v) is 2.71. The van der Waals surface area contributed by atoms with Gasteiger partial charge in [0.25, 0.3) is 0 Å². The van der Waals surface area contributed by atoms with Crippen molar-refractivity contribution < 1.29 is 9.15 Å². The second kappa shape index (κ2) is 4.47. The molecule has 2 N–H and O–H groups in total. The van der Waals surface area contributed by atoms with Crippen LogP contribution in [0.5, 0.6) is 0 Å². The molecule has 1 aliphatic heterocycles. The number of hydrogen-bond donors (Lipinski definition) is 1. The fourth-order valence-electron chi connectivity index (χ4n) is 2.71. The first kappa shape index (κ1) is 11.7. The van der Waals surface area contributed by atoms with Crippen LogP contribution in [-0.2, 0) is 18.0 Å². The molecule has 20 heavy (non-hydrogen) atoms. The summed E-state index contributed by atoms with van der Waals surface area (Å²) in [6.45, 7) is 1.38. The summed E-state index contributed by atoms with van der Waals surface area (Å²) >= 11 is 0. The third-order valence-corrected chi connectivity index (χ3v) is 3.86. The highest BCUT2D eigenvalue weighted by Gasteiger charge is 2.17. The van der Waals surface area contributed by atoms with Crippen molar-refractivity contribution in [3.05, 3.63) is 71.0 Å². The lowest BCUT2D eigenvalue weighted by Gasteiger charge is -2.10. The molecule has 2 aromatic carbocycles. The maximum atomic E-state index is 6.34. The highest BCUT2D eigenvalue weighted by atomic mass is 16.5. The SMILES string of the molecule is NC(c1ccc2c(c1)COC2)c1cc2ccccc2o1. The topological polar surface area (TPSA) is 48.4 Å². The summed E-state index contributed by atoms with van der Waals surface area (Å²) in [4.78, 5) is 0. The van der Waals surface area contributed by atoms with Gasteiger partial charge in [0.2, 0.25) is 0 Å². The molecule has 3 aromatic rings. The molecule has 2 heterocycles. The minimum absolute atomic E-state index is 0.242. The highest BCUT2D eigenvalue weighted by Crippen LogP contribution is 2.29. The van der Waals surface area contributed by atoms with Crippen LogP contribution in [0.15, 0.2) is 52.9 Å². The molecule has 1 atom stereocenters. The number of rotatable bonds is 2. The van der Waals surface area contributed by atoms with Crippen LogP contribution in [0.25, 0.3) is 11.0 Å². The van der Waals surface area contributed by atoms with E-state index in [0.717, 1.165) is 22.3 Å². The zero-order chi connectivity index (χ0) is 13.5. The number of furan rings is 1. The Morgan fingerprint density at radius 3 is 2.70 bits per heavy atom. The Bertz CT molecular complexity index is 743. The molecule has 0 amide bonds. The Balaban J connectivity index is 1.74. The monoisotopic (exact) mass is 265 g/mol. The average molecular weight is 265 g/mol. The molecule has 0 radical (unpaired) electrons. The van der Waals surface area contributed by atoms with Crippen LogP contribution in [0.2, 0.25) is 0 Å². The Morgan fingerprint density at radius 1 is 0.950 bits per heavy atom. The third-order valence-electron chi connectivity index (χ3n) is 3.86. The Morgan fingerprint density at radius 2 is 1.80 bits per heavy atom. The number of ether oxygens (including phenoxy) is 1. The molecule has 0 saturated heterocycles. The summed E-state index contributed by atoms with van der Waals surface area (Å²) in [6, 6.07) is 16.0. The predicted molar refractivity (Wildman–Crippen MR) is 77.2 cm³/mol. The average Bonchev–Trinajstić information content (AvgIpc) is 3.11. The highest BCUT2D eigenvalue weighted by molar-refractivity contribution is 5.77. The Hall–Kier alpha value is -2.10. The van der Waals surface area contributed by atoms with Gasteiger partial charge in [0.15, 0.2) is 0 Å². The van der Waals surface area contributed by atoms with E-state index in [1.165, 1.54) is 11.1 Å². The van der Waals surface area contributed by atoms with Crippen LogP contribution in [0.1, 0.15) is 28.5 Å². The van der Waals surface area contributed by atoms with E-state index in [1.807, 2.05) is 30.3 Å². The van der Waals surface area contributed by atoms with Crippen molar-refractivity contribution in [1.82, 2.24) is 0 Å². The van der Waals surface area contributed by atoms with Crippen LogP contribution in [-0.4, -0.2) is 0 Å². The fraction of sp³-hybridized carbons (Fsp3) is 0.176. The first-order chi connectivity index (χ1) is 9.81. The van der Waals surface area contributed by atoms with E-state index in [4.69, 9.17) is 14.9 Å². The molecule has 0 spiro atoms. The number of hydrogen-bond acceptors (Lipinski definition) is 3. The van der Waals surface area contributed by atoms with Crippen molar-refractivity contribution >= 4 is 11.0 Å². The third kappa shape index (κ3) is 1.83. The summed E-state index contributed by atoms with van der Waals surface area (Å²) in [5.41, 5.74) is 10.8. The van der Waals surface area contributed by atoms with Crippen molar-refractivity contribution in [2.45, 2.75) is 19.3 Å². The van der Waals surface area contributed by atoms with Gasteiger partial charge < -0.3 is 14.9 Å². The zero-order valence-corrected chi connectivity index (χ0v) is 11.0. The minimum atomic E-state index is -0.242. The van der Waals surface area contributed by atoms with E-state index in [1.54, 1.807) is 0 Å². The maximum absolute atomic E-state index is 6.34. The Kier molecular flexibility index (Phi) is 2.62. The van der Waals surface area contributed by atoms with Gasteiger partial charge in [0, 0.05) is 5.39 Å². The lowest BCUT2D eigenvalue weighted by molar-refractivity contribution is 0.134. The normalized spacial score (nSPS) is 15.4. The first-order valence-corrected chi connectivity index (χ1v) is 6.75. The smallest absolute Gasteiger partial charge is 0.134 e. The largest absolute Gasteiger partial charge is 0.459 e. The van der Waals surface area contributed by atoms with Gasteiger partial charge in [-0.05, 0) is 28.8 Å². The molecule has 1 aromatic heterocycles. The van der Waals surface area contributed by atoms with Gasteiger partial charge in [-0.2, -0.15) is 0 Å². The van der Waals surface area contributed by atoms with Gasteiger partial charge >= 0.3 is 0 Å². The summed E-state index contributed by atoms with van der Waals surface area (Å²) < 4.78 is 11.3. The molecular formula is C17H15NO2. The molecule has 100 valence electrons. The number of para-hydroxylation sites is 1. The second-order valence-electron chi connectivity index (χ2n) is 5.19. The lowest BCUT2D eigenvalue weighted by atomic mass is 10.00. The van der Waals surface area contributed by atoms with E-state index in [0.29, 0.717) is 13.2 Å². The standard InChI is InChI=1S/C17H15NO2/c18-17(12-5-6-13-9-19-10-14(13)7-12)16-8-11-3-1-2-4-15(11)20-16/h1-8,17H,9-10,18H2. The van der Waals surface area contributed by atoms with Crippen LogP contribution < -0.4 is 5.73 Å². The van der Waals surface area contributed by atoms with Crippen LogP contribution in [0.4, 0.5) is 0 Å². The molecule has 0 bridgehead atoms. The van der Waals surface area contributed by atoms with Crippen molar-refractivity contribution in [2.24, 2.45) is 5.73 Å². The van der Waals surface area contributed by atoms with E-state index >= 15 is 0 Å². The molecular weight excluding hydrogens is 250 g/mol. The van der Waals surface area contributed by atoms with Gasteiger partial charge in [0.1, 0.15) is 11.3 Å². The van der Waals surface area contributed by atoms with E-state index < -0.39 is 0 Å². The molecule has 1 aliphatic rings. The minimum Gasteiger partial charge on any atom is -0.459 e. The molecule has 0 fully saturated rings. The number of nitrogens with two attached hydrogens (primary N) is 1. The van der Waals surface area contributed by atoms with Crippen molar-refractivity contribution in [1.29, 1.82) is 0 Å². The van der Waals surface area contributed by atoms with Crippen molar-refractivity contribution in [2.75, 3.05) is 0 Å². The van der Waals surface area contributed by atoms with Gasteiger partial charge in [-0.1, -0.05) is 36.4 Å². The molecule has 4 rings (SSSR count). The molecule has 3 nitrogen and oxygen atoms in total. The first-order valence-electron chi connectivity index (χ1n) is 6.75. The molecule has 0 saturated carbocycles. The van der Waals surface area contributed by atoms with Gasteiger partial charge in [0.05, 0.1) is 19.3 Å². The maximum Gasteiger partial charge on any atom is 0.134 e.